The van der Waals surface area contributed by atoms with Crippen LogP contribution >= 0.6 is 0 Å². The second-order valence-corrected chi connectivity index (χ2v) is 8.80. The Morgan fingerprint density at radius 3 is 2.72 bits per heavy atom. The fraction of sp³-hybridized carbons (Fsp3) is 0.542. The van der Waals surface area contributed by atoms with Crippen molar-refractivity contribution in [3.8, 4) is 11.5 Å². The highest BCUT2D eigenvalue weighted by Crippen LogP contribution is 2.32. The summed E-state index contributed by atoms with van der Waals surface area (Å²) in [5, 5.41) is 0. The van der Waals surface area contributed by atoms with E-state index in [-0.39, 0.29) is 23.9 Å². The Bertz CT molecular complexity index is 1050. The highest BCUT2D eigenvalue weighted by molar-refractivity contribution is 5.79. The van der Waals surface area contributed by atoms with Crippen LogP contribution in [0.3, 0.4) is 0 Å². The monoisotopic (exact) mass is 440 g/mol. The van der Waals surface area contributed by atoms with Crippen LogP contribution in [0.2, 0.25) is 0 Å². The number of ether oxygens (including phenoxy) is 2. The molecule has 3 heterocycles. The molecule has 8 nitrogen and oxygen atoms in total. The van der Waals surface area contributed by atoms with Gasteiger partial charge in [0, 0.05) is 32.1 Å². The number of fused-ring (bicyclic) bond motifs is 1. The first kappa shape index (κ1) is 22.3. The van der Waals surface area contributed by atoms with Crippen molar-refractivity contribution in [3.05, 3.63) is 51.2 Å². The number of methoxy groups -OCH3 is 2. The number of aromatic nitrogens is 2. The molecule has 2 aromatic rings. The van der Waals surface area contributed by atoms with Crippen LogP contribution in [0, 0.1) is 0 Å². The first-order valence-corrected chi connectivity index (χ1v) is 11.3. The van der Waals surface area contributed by atoms with Crippen molar-refractivity contribution in [3.63, 3.8) is 0 Å². The highest BCUT2D eigenvalue weighted by Gasteiger charge is 2.33. The van der Waals surface area contributed by atoms with Crippen LogP contribution in [0.4, 0.5) is 0 Å². The number of benzene rings is 1. The Balaban J connectivity index is 1.53. The van der Waals surface area contributed by atoms with Gasteiger partial charge >= 0.3 is 0 Å². The largest absolute Gasteiger partial charge is 0.493 e. The molecular weight excluding hydrogens is 408 g/mol. The van der Waals surface area contributed by atoms with Gasteiger partial charge in [0.05, 0.1) is 37.9 Å². The number of nitrogens with zero attached hydrogens (tertiary/aromatic N) is 3. The molecule has 1 saturated heterocycles. The van der Waals surface area contributed by atoms with Gasteiger partial charge in [-0.25, -0.2) is 4.98 Å². The van der Waals surface area contributed by atoms with E-state index in [4.69, 9.17) is 14.5 Å². The summed E-state index contributed by atoms with van der Waals surface area (Å²) in [6.07, 6.45) is 2.72. The minimum Gasteiger partial charge on any atom is -0.493 e. The Labute approximate surface area is 188 Å². The molecule has 172 valence electrons. The van der Waals surface area contributed by atoms with Gasteiger partial charge < -0.3 is 19.4 Å². The molecule has 32 heavy (non-hydrogen) atoms. The summed E-state index contributed by atoms with van der Waals surface area (Å²) in [7, 11) is 3.17. The Kier molecular flexibility index (Phi) is 6.50. The van der Waals surface area contributed by atoms with Crippen LogP contribution in [0.25, 0.3) is 0 Å². The molecule has 0 spiro atoms. The molecule has 8 heteroatoms. The van der Waals surface area contributed by atoms with Gasteiger partial charge in [0.1, 0.15) is 5.82 Å². The van der Waals surface area contributed by atoms with Gasteiger partial charge in [-0.15, -0.1) is 0 Å². The Morgan fingerprint density at radius 1 is 1.22 bits per heavy atom. The van der Waals surface area contributed by atoms with E-state index < -0.39 is 0 Å². The summed E-state index contributed by atoms with van der Waals surface area (Å²) in [5.74, 6) is 1.87. The topological polar surface area (TPSA) is 87.8 Å². The summed E-state index contributed by atoms with van der Waals surface area (Å²) in [4.78, 5) is 38.0. The third-order valence-electron chi connectivity index (χ3n) is 6.54. The summed E-state index contributed by atoms with van der Waals surface area (Å²) < 4.78 is 10.6. The van der Waals surface area contributed by atoms with E-state index in [1.54, 1.807) is 14.2 Å². The lowest BCUT2D eigenvalue weighted by atomic mass is 10.0. The quantitative estimate of drug-likeness (QED) is 0.743. The van der Waals surface area contributed by atoms with Crippen LogP contribution in [0.5, 0.6) is 11.5 Å². The Morgan fingerprint density at radius 2 is 2.00 bits per heavy atom. The lowest BCUT2D eigenvalue weighted by molar-refractivity contribution is -0.131. The van der Waals surface area contributed by atoms with Gasteiger partial charge in [-0.2, -0.15) is 0 Å². The van der Waals surface area contributed by atoms with Crippen molar-refractivity contribution in [2.24, 2.45) is 0 Å². The minimum absolute atomic E-state index is 0.0195. The number of aromatic amines is 1. The highest BCUT2D eigenvalue weighted by atomic mass is 16.5. The minimum atomic E-state index is -0.191. The van der Waals surface area contributed by atoms with Crippen molar-refractivity contribution in [1.82, 2.24) is 19.8 Å². The van der Waals surface area contributed by atoms with E-state index in [2.05, 4.69) is 23.7 Å². The van der Waals surface area contributed by atoms with Crippen molar-refractivity contribution >= 4 is 5.91 Å². The normalized spacial score (nSPS) is 18.7. The predicted octanol–water partition coefficient (Wildman–Crippen LogP) is 2.46. The number of nitrogens with one attached hydrogen (secondary N) is 1. The van der Waals surface area contributed by atoms with Crippen LogP contribution in [0.1, 0.15) is 55.4 Å². The second kappa shape index (κ2) is 9.32. The summed E-state index contributed by atoms with van der Waals surface area (Å²) in [5.41, 5.74) is 2.42. The first-order chi connectivity index (χ1) is 15.4. The number of likely N-dealkylation sites (tertiary alicyclic amines) is 1. The third kappa shape index (κ3) is 4.37. The van der Waals surface area contributed by atoms with E-state index >= 15 is 0 Å². The SMILES string of the molecule is COc1ccc(CC(=O)N2CCCC2c2nc3c(c(=O)[nH]2)CN(C(C)C)CC3)cc1OC. The molecular formula is C24H32N4O4. The van der Waals surface area contributed by atoms with E-state index in [1.807, 2.05) is 23.1 Å². The van der Waals surface area contributed by atoms with Crippen LogP contribution in [0.15, 0.2) is 23.0 Å². The molecule has 2 aliphatic rings. The van der Waals surface area contributed by atoms with Crippen LogP contribution in [-0.2, 0) is 24.2 Å². The lowest BCUT2D eigenvalue weighted by Gasteiger charge is -2.31. The zero-order chi connectivity index (χ0) is 22.8. The standard InChI is InChI=1S/C24H32N4O4/c1-15(2)27-11-9-18-17(14-27)24(30)26-23(25-18)19-6-5-10-28(19)22(29)13-16-7-8-20(31-3)21(12-16)32-4/h7-8,12,15,19H,5-6,9-11,13-14H2,1-4H3,(H,25,26,30). The molecule has 1 fully saturated rings. The van der Waals surface area contributed by atoms with Gasteiger partial charge in [-0.1, -0.05) is 6.07 Å². The van der Waals surface area contributed by atoms with Crippen molar-refractivity contribution in [2.45, 2.75) is 58.2 Å². The fourth-order valence-corrected chi connectivity index (χ4v) is 4.68. The summed E-state index contributed by atoms with van der Waals surface area (Å²) >= 11 is 0. The molecule has 1 aromatic heterocycles. The predicted molar refractivity (Wildman–Crippen MR) is 121 cm³/mol. The smallest absolute Gasteiger partial charge is 0.255 e. The molecule has 0 saturated carbocycles. The van der Waals surface area contributed by atoms with E-state index in [1.165, 1.54) is 0 Å². The molecule has 1 N–H and O–H groups in total. The number of hydrogen-bond donors (Lipinski definition) is 1. The van der Waals surface area contributed by atoms with Crippen molar-refractivity contribution in [2.75, 3.05) is 27.3 Å². The first-order valence-electron chi connectivity index (χ1n) is 11.3. The zero-order valence-corrected chi connectivity index (χ0v) is 19.3. The zero-order valence-electron chi connectivity index (χ0n) is 19.3. The van der Waals surface area contributed by atoms with Crippen molar-refractivity contribution < 1.29 is 14.3 Å². The molecule has 1 atom stereocenters. The molecule has 1 amide bonds. The molecule has 4 rings (SSSR count). The number of carbonyl (C=O) groups is 1. The number of rotatable bonds is 6. The van der Waals surface area contributed by atoms with Crippen LogP contribution < -0.4 is 15.0 Å². The van der Waals surface area contributed by atoms with Gasteiger partial charge in [0.2, 0.25) is 5.91 Å². The number of carbonyl (C=O) groups excluding carboxylic acids is 1. The van der Waals surface area contributed by atoms with Gasteiger partial charge in [0.25, 0.3) is 5.56 Å². The third-order valence-corrected chi connectivity index (χ3v) is 6.54. The maximum absolute atomic E-state index is 13.2. The van der Waals surface area contributed by atoms with Crippen molar-refractivity contribution in [1.29, 1.82) is 0 Å². The molecule has 0 bridgehead atoms. The fourth-order valence-electron chi connectivity index (χ4n) is 4.68. The van der Waals surface area contributed by atoms with E-state index in [0.717, 1.165) is 42.6 Å². The lowest BCUT2D eigenvalue weighted by Crippen LogP contribution is -2.40. The van der Waals surface area contributed by atoms with E-state index in [0.29, 0.717) is 36.5 Å². The number of amides is 1. The average molecular weight is 441 g/mol. The molecule has 0 radical (unpaired) electrons. The number of H-pyrrole nitrogens is 1. The molecule has 1 unspecified atom stereocenters. The maximum Gasteiger partial charge on any atom is 0.255 e. The molecule has 0 aliphatic carbocycles. The van der Waals surface area contributed by atoms with Gasteiger partial charge in [0.15, 0.2) is 11.5 Å². The number of hydrogen-bond acceptors (Lipinski definition) is 6. The summed E-state index contributed by atoms with van der Waals surface area (Å²) in [6.45, 7) is 6.47. The molecule has 2 aliphatic heterocycles. The maximum atomic E-state index is 13.2. The van der Waals surface area contributed by atoms with Crippen LogP contribution in [-0.4, -0.2) is 59.0 Å². The second-order valence-electron chi connectivity index (χ2n) is 8.80. The summed E-state index contributed by atoms with van der Waals surface area (Å²) in [6, 6.07) is 5.72. The van der Waals surface area contributed by atoms with Gasteiger partial charge in [-0.3, -0.25) is 14.5 Å². The Hall–Kier alpha value is -2.87. The average Bonchev–Trinajstić information content (AvgIpc) is 3.29. The van der Waals surface area contributed by atoms with Gasteiger partial charge in [-0.05, 0) is 44.4 Å². The van der Waals surface area contributed by atoms with E-state index in [9.17, 15) is 9.59 Å². The molecule has 1 aromatic carbocycles.